The molecule has 0 radical (unpaired) electrons. The molecule has 0 bridgehead atoms. The summed E-state index contributed by atoms with van der Waals surface area (Å²) in [5.74, 6) is 0.128. The Labute approximate surface area is 116 Å². The second kappa shape index (κ2) is 6.18. The maximum atomic E-state index is 11.8. The van der Waals surface area contributed by atoms with Crippen molar-refractivity contribution in [3.63, 3.8) is 0 Å². The van der Waals surface area contributed by atoms with Gasteiger partial charge >= 0.3 is 6.01 Å². The predicted molar refractivity (Wildman–Crippen MR) is 72.5 cm³/mol. The lowest BCUT2D eigenvalue weighted by molar-refractivity contribution is -0.116. The topological polar surface area (TPSA) is 97.7 Å². The Bertz CT molecular complexity index is 589. The van der Waals surface area contributed by atoms with E-state index in [0.29, 0.717) is 19.6 Å². The van der Waals surface area contributed by atoms with E-state index in [-0.39, 0.29) is 17.9 Å². The minimum absolute atomic E-state index is 0.156. The Balaban J connectivity index is 1.84. The van der Waals surface area contributed by atoms with Crippen molar-refractivity contribution in [1.29, 1.82) is 0 Å². The van der Waals surface area contributed by atoms with Gasteiger partial charge in [0.1, 0.15) is 0 Å². The van der Waals surface area contributed by atoms with Crippen LogP contribution in [0, 0.1) is 13.8 Å². The molecule has 0 spiro atoms. The standard InChI is InChI=1S/C12H18N6O2/c1-4-20-12-14-11(15-16-12)13-10(19)5-6-18-9(3)7-8(2)17-18/h7H,4-6H2,1-3H3,(H2,13,14,15,16,19). The van der Waals surface area contributed by atoms with Gasteiger partial charge in [-0.05, 0) is 26.8 Å². The number of aromatic amines is 1. The summed E-state index contributed by atoms with van der Waals surface area (Å²) in [6.45, 7) is 6.72. The third-order valence-electron chi connectivity index (χ3n) is 2.65. The van der Waals surface area contributed by atoms with Gasteiger partial charge in [0.05, 0.1) is 12.3 Å². The van der Waals surface area contributed by atoms with Crippen molar-refractivity contribution in [2.24, 2.45) is 0 Å². The molecule has 108 valence electrons. The number of carbonyl (C=O) groups excluding carboxylic acids is 1. The SMILES string of the molecule is CCOc1n[nH]c(NC(=O)CCn2nc(C)cc2C)n1. The molecule has 0 saturated heterocycles. The third kappa shape index (κ3) is 3.56. The molecule has 0 aliphatic heterocycles. The quantitative estimate of drug-likeness (QED) is 0.823. The van der Waals surface area contributed by atoms with Gasteiger partial charge in [-0.2, -0.15) is 10.1 Å². The van der Waals surface area contributed by atoms with Crippen LogP contribution in [0.2, 0.25) is 0 Å². The normalized spacial score (nSPS) is 10.6. The monoisotopic (exact) mass is 278 g/mol. The lowest BCUT2D eigenvalue weighted by atomic mass is 10.3. The fourth-order valence-corrected chi connectivity index (χ4v) is 1.80. The molecule has 2 heterocycles. The van der Waals surface area contributed by atoms with Crippen molar-refractivity contribution in [3.05, 3.63) is 17.5 Å². The minimum atomic E-state index is -0.156. The molecule has 2 aromatic heterocycles. The summed E-state index contributed by atoms with van der Waals surface area (Å²) in [6.07, 6.45) is 0.312. The van der Waals surface area contributed by atoms with Crippen molar-refractivity contribution < 1.29 is 9.53 Å². The number of ether oxygens (including phenoxy) is 1. The average molecular weight is 278 g/mol. The zero-order chi connectivity index (χ0) is 14.5. The van der Waals surface area contributed by atoms with Crippen LogP contribution in [0.4, 0.5) is 5.95 Å². The summed E-state index contributed by atoms with van der Waals surface area (Å²) in [7, 11) is 0. The number of H-pyrrole nitrogens is 1. The van der Waals surface area contributed by atoms with E-state index in [1.54, 1.807) is 4.68 Å². The van der Waals surface area contributed by atoms with Crippen molar-refractivity contribution in [3.8, 4) is 6.01 Å². The molecule has 2 N–H and O–H groups in total. The molecule has 1 amide bonds. The molecule has 0 aromatic carbocycles. The summed E-state index contributed by atoms with van der Waals surface area (Å²) >= 11 is 0. The lowest BCUT2D eigenvalue weighted by Gasteiger charge is -2.04. The summed E-state index contributed by atoms with van der Waals surface area (Å²) in [6, 6.07) is 2.20. The molecule has 8 nitrogen and oxygen atoms in total. The van der Waals surface area contributed by atoms with Crippen molar-refractivity contribution >= 4 is 11.9 Å². The number of nitrogens with one attached hydrogen (secondary N) is 2. The third-order valence-corrected chi connectivity index (χ3v) is 2.65. The Morgan fingerprint density at radius 3 is 2.95 bits per heavy atom. The van der Waals surface area contributed by atoms with E-state index in [1.807, 2.05) is 26.8 Å². The van der Waals surface area contributed by atoms with Gasteiger partial charge in [0.2, 0.25) is 11.9 Å². The van der Waals surface area contributed by atoms with E-state index in [1.165, 1.54) is 0 Å². The van der Waals surface area contributed by atoms with Gasteiger partial charge < -0.3 is 4.74 Å². The molecule has 20 heavy (non-hydrogen) atoms. The van der Waals surface area contributed by atoms with E-state index in [0.717, 1.165) is 11.4 Å². The van der Waals surface area contributed by atoms with E-state index >= 15 is 0 Å². The van der Waals surface area contributed by atoms with Crippen LogP contribution >= 0.6 is 0 Å². The van der Waals surface area contributed by atoms with Gasteiger partial charge in [0.25, 0.3) is 0 Å². The number of amides is 1. The van der Waals surface area contributed by atoms with Gasteiger partial charge in [0, 0.05) is 18.7 Å². The molecular formula is C12H18N6O2. The van der Waals surface area contributed by atoms with Crippen molar-refractivity contribution in [2.45, 2.75) is 33.7 Å². The molecule has 0 aliphatic rings. The molecule has 0 fully saturated rings. The number of rotatable bonds is 6. The van der Waals surface area contributed by atoms with Crippen LogP contribution < -0.4 is 10.1 Å². The van der Waals surface area contributed by atoms with Crippen LogP contribution in [0.15, 0.2) is 6.07 Å². The molecule has 0 aliphatic carbocycles. The Kier molecular flexibility index (Phi) is 4.34. The molecule has 0 atom stereocenters. The largest absolute Gasteiger partial charge is 0.463 e. The molecule has 2 aromatic rings. The van der Waals surface area contributed by atoms with Crippen molar-refractivity contribution in [2.75, 3.05) is 11.9 Å². The zero-order valence-corrected chi connectivity index (χ0v) is 11.8. The minimum Gasteiger partial charge on any atom is -0.463 e. The molecule has 2 rings (SSSR count). The van der Waals surface area contributed by atoms with Gasteiger partial charge in [0.15, 0.2) is 0 Å². The van der Waals surface area contributed by atoms with Crippen LogP contribution in [0.25, 0.3) is 0 Å². The van der Waals surface area contributed by atoms with Crippen LogP contribution in [-0.4, -0.2) is 37.5 Å². The number of carbonyl (C=O) groups is 1. The second-order valence-corrected chi connectivity index (χ2v) is 4.35. The highest BCUT2D eigenvalue weighted by molar-refractivity contribution is 5.88. The van der Waals surface area contributed by atoms with E-state index in [2.05, 4.69) is 25.6 Å². The van der Waals surface area contributed by atoms with Crippen LogP contribution in [0.5, 0.6) is 6.01 Å². The maximum Gasteiger partial charge on any atom is 0.337 e. The number of aromatic nitrogens is 5. The number of hydrogen-bond acceptors (Lipinski definition) is 5. The highest BCUT2D eigenvalue weighted by Gasteiger charge is 2.09. The predicted octanol–water partition coefficient (Wildman–Crippen LogP) is 1.05. The first-order valence-corrected chi connectivity index (χ1v) is 6.44. The highest BCUT2D eigenvalue weighted by atomic mass is 16.5. The first kappa shape index (κ1) is 14.0. The van der Waals surface area contributed by atoms with Crippen LogP contribution in [0.1, 0.15) is 24.7 Å². The maximum absolute atomic E-state index is 11.8. The molecule has 0 saturated carbocycles. The number of nitrogens with zero attached hydrogens (tertiary/aromatic N) is 4. The highest BCUT2D eigenvalue weighted by Crippen LogP contribution is 2.07. The Morgan fingerprint density at radius 1 is 1.50 bits per heavy atom. The lowest BCUT2D eigenvalue weighted by Crippen LogP contribution is -2.16. The summed E-state index contributed by atoms with van der Waals surface area (Å²) in [4.78, 5) is 15.8. The zero-order valence-electron chi connectivity index (χ0n) is 11.8. The van der Waals surface area contributed by atoms with E-state index in [4.69, 9.17) is 4.74 Å². The summed E-state index contributed by atoms with van der Waals surface area (Å²) in [5, 5.41) is 13.3. The van der Waals surface area contributed by atoms with Crippen molar-refractivity contribution in [1.82, 2.24) is 25.0 Å². The number of anilines is 1. The Hall–Kier alpha value is -2.38. The Morgan fingerprint density at radius 2 is 2.30 bits per heavy atom. The average Bonchev–Trinajstić information content (AvgIpc) is 2.94. The first-order valence-electron chi connectivity index (χ1n) is 6.44. The van der Waals surface area contributed by atoms with E-state index in [9.17, 15) is 4.79 Å². The summed E-state index contributed by atoms with van der Waals surface area (Å²) in [5.41, 5.74) is 1.98. The molecule has 8 heteroatoms. The van der Waals surface area contributed by atoms with Crippen LogP contribution in [0.3, 0.4) is 0 Å². The second-order valence-electron chi connectivity index (χ2n) is 4.35. The fourth-order valence-electron chi connectivity index (χ4n) is 1.80. The van der Waals surface area contributed by atoms with Gasteiger partial charge in [-0.1, -0.05) is 0 Å². The smallest absolute Gasteiger partial charge is 0.337 e. The van der Waals surface area contributed by atoms with E-state index < -0.39 is 0 Å². The van der Waals surface area contributed by atoms with Crippen LogP contribution in [-0.2, 0) is 11.3 Å². The van der Waals surface area contributed by atoms with Gasteiger partial charge in [-0.3, -0.25) is 14.8 Å². The van der Waals surface area contributed by atoms with Gasteiger partial charge in [-0.15, -0.1) is 5.10 Å². The summed E-state index contributed by atoms with van der Waals surface area (Å²) < 4.78 is 6.90. The fraction of sp³-hybridized carbons (Fsp3) is 0.500. The first-order chi connectivity index (χ1) is 9.58. The molecular weight excluding hydrogens is 260 g/mol. The number of aryl methyl sites for hydroxylation is 3. The molecule has 0 unspecified atom stereocenters. The van der Waals surface area contributed by atoms with Gasteiger partial charge in [-0.25, -0.2) is 5.10 Å². The number of hydrogen-bond donors (Lipinski definition) is 2.